The van der Waals surface area contributed by atoms with Crippen molar-refractivity contribution in [1.82, 2.24) is 15.1 Å². The fraction of sp³-hybridized carbons (Fsp3) is 0.357. The number of rotatable bonds is 6. The Hall–Kier alpha value is -1.26. The van der Waals surface area contributed by atoms with Gasteiger partial charge in [0.2, 0.25) is 0 Å². The average Bonchev–Trinajstić information content (AvgIpc) is 2.90. The molecule has 4 heteroatoms. The number of hydrogen-bond donors (Lipinski definition) is 1. The molecule has 18 heavy (non-hydrogen) atoms. The molecule has 0 saturated heterocycles. The van der Waals surface area contributed by atoms with Gasteiger partial charge in [0, 0.05) is 29.9 Å². The van der Waals surface area contributed by atoms with Crippen molar-refractivity contribution in [2.24, 2.45) is 0 Å². The third-order valence-electron chi connectivity index (χ3n) is 2.83. The largest absolute Gasteiger partial charge is 0.308 e. The van der Waals surface area contributed by atoms with E-state index in [1.807, 2.05) is 23.1 Å². The molecule has 0 bridgehead atoms. The van der Waals surface area contributed by atoms with Crippen LogP contribution in [0.1, 0.15) is 12.5 Å². The van der Waals surface area contributed by atoms with Crippen molar-refractivity contribution >= 4 is 11.8 Å². The van der Waals surface area contributed by atoms with Gasteiger partial charge in [0.25, 0.3) is 0 Å². The summed E-state index contributed by atoms with van der Waals surface area (Å²) in [6.45, 7) is 3.98. The van der Waals surface area contributed by atoms with Crippen molar-refractivity contribution in [3.8, 4) is 0 Å². The molecular formula is C14H19N3S. The van der Waals surface area contributed by atoms with Crippen LogP contribution in [-0.2, 0) is 13.1 Å². The van der Waals surface area contributed by atoms with Crippen molar-refractivity contribution in [3.05, 3.63) is 48.3 Å². The van der Waals surface area contributed by atoms with Gasteiger partial charge < -0.3 is 5.32 Å². The predicted molar refractivity (Wildman–Crippen MR) is 76.8 cm³/mol. The van der Waals surface area contributed by atoms with Gasteiger partial charge in [0.1, 0.15) is 0 Å². The zero-order valence-corrected chi connectivity index (χ0v) is 11.7. The van der Waals surface area contributed by atoms with Crippen LogP contribution in [0.3, 0.4) is 0 Å². The Kier molecular flexibility index (Phi) is 4.84. The molecule has 0 spiro atoms. The quantitative estimate of drug-likeness (QED) is 0.811. The third-order valence-corrected chi connectivity index (χ3v) is 3.58. The van der Waals surface area contributed by atoms with Crippen LogP contribution in [0.25, 0.3) is 0 Å². The Morgan fingerprint density at radius 2 is 2.11 bits per heavy atom. The lowest BCUT2D eigenvalue weighted by Gasteiger charge is -2.14. The highest BCUT2D eigenvalue weighted by atomic mass is 32.2. The maximum absolute atomic E-state index is 4.21. The van der Waals surface area contributed by atoms with E-state index in [4.69, 9.17) is 0 Å². The first-order valence-corrected chi connectivity index (χ1v) is 7.34. The molecule has 0 aliphatic heterocycles. The van der Waals surface area contributed by atoms with E-state index in [0.29, 0.717) is 6.04 Å². The monoisotopic (exact) mass is 261 g/mol. The average molecular weight is 261 g/mol. The van der Waals surface area contributed by atoms with Gasteiger partial charge in [0.15, 0.2) is 0 Å². The van der Waals surface area contributed by atoms with E-state index in [2.05, 4.69) is 47.9 Å². The van der Waals surface area contributed by atoms with Gasteiger partial charge in [0.05, 0.1) is 6.54 Å². The molecule has 0 amide bonds. The molecule has 96 valence electrons. The van der Waals surface area contributed by atoms with Gasteiger partial charge in [-0.1, -0.05) is 12.1 Å². The fourth-order valence-corrected chi connectivity index (χ4v) is 2.20. The molecule has 2 aromatic rings. The van der Waals surface area contributed by atoms with Crippen LogP contribution < -0.4 is 5.32 Å². The molecule has 1 heterocycles. The summed E-state index contributed by atoms with van der Waals surface area (Å²) in [6.07, 6.45) is 5.90. The molecule has 1 aromatic carbocycles. The molecule has 0 aliphatic carbocycles. The second-order valence-corrected chi connectivity index (χ2v) is 5.24. The highest BCUT2D eigenvalue weighted by Gasteiger charge is 2.02. The van der Waals surface area contributed by atoms with Gasteiger partial charge in [-0.3, -0.25) is 4.68 Å². The maximum atomic E-state index is 4.21. The van der Waals surface area contributed by atoms with Crippen LogP contribution >= 0.6 is 11.8 Å². The van der Waals surface area contributed by atoms with Crippen LogP contribution in [0.5, 0.6) is 0 Å². The first-order valence-electron chi connectivity index (χ1n) is 6.11. The van der Waals surface area contributed by atoms with Crippen LogP contribution in [0.2, 0.25) is 0 Å². The zero-order valence-electron chi connectivity index (χ0n) is 10.8. The Balaban J connectivity index is 1.79. The van der Waals surface area contributed by atoms with Crippen molar-refractivity contribution < 1.29 is 0 Å². The van der Waals surface area contributed by atoms with Gasteiger partial charge in [-0.05, 0) is 36.9 Å². The first-order chi connectivity index (χ1) is 8.78. The van der Waals surface area contributed by atoms with Crippen molar-refractivity contribution in [3.63, 3.8) is 0 Å². The van der Waals surface area contributed by atoms with Gasteiger partial charge in [-0.2, -0.15) is 5.10 Å². The number of benzene rings is 1. The summed E-state index contributed by atoms with van der Waals surface area (Å²) < 4.78 is 1.95. The first kappa shape index (κ1) is 13.2. The summed E-state index contributed by atoms with van der Waals surface area (Å²) in [7, 11) is 0. The molecule has 1 aromatic heterocycles. The van der Waals surface area contributed by atoms with E-state index >= 15 is 0 Å². The molecule has 2 rings (SSSR count). The Morgan fingerprint density at radius 1 is 1.33 bits per heavy atom. The normalized spacial score (nSPS) is 12.6. The van der Waals surface area contributed by atoms with E-state index < -0.39 is 0 Å². The number of hydrogen-bond acceptors (Lipinski definition) is 3. The Bertz CT molecular complexity index is 450. The molecule has 0 aliphatic rings. The van der Waals surface area contributed by atoms with Gasteiger partial charge >= 0.3 is 0 Å². The molecule has 0 fully saturated rings. The lowest BCUT2D eigenvalue weighted by atomic mass is 10.2. The fourth-order valence-electron chi connectivity index (χ4n) is 1.79. The molecule has 3 nitrogen and oxygen atoms in total. The van der Waals surface area contributed by atoms with Crippen LogP contribution in [0.4, 0.5) is 0 Å². The summed E-state index contributed by atoms with van der Waals surface area (Å²) in [5.41, 5.74) is 1.32. The molecule has 1 N–H and O–H groups in total. The number of thioether (sulfide) groups is 1. The number of nitrogens with one attached hydrogen (secondary N) is 1. The smallest absolute Gasteiger partial charge is 0.0560 e. The Labute approximate surface area is 113 Å². The van der Waals surface area contributed by atoms with E-state index in [0.717, 1.165) is 13.1 Å². The minimum Gasteiger partial charge on any atom is -0.308 e. The van der Waals surface area contributed by atoms with E-state index in [1.54, 1.807) is 11.8 Å². The van der Waals surface area contributed by atoms with Crippen LogP contribution in [0.15, 0.2) is 47.6 Å². The lowest BCUT2D eigenvalue weighted by molar-refractivity contribution is 0.451. The molecular weight excluding hydrogens is 242 g/mol. The summed E-state index contributed by atoms with van der Waals surface area (Å²) in [5.74, 6) is 0. The lowest BCUT2D eigenvalue weighted by Crippen LogP contribution is -2.30. The van der Waals surface area contributed by atoms with E-state index in [9.17, 15) is 0 Å². The van der Waals surface area contributed by atoms with Crippen LogP contribution in [-0.4, -0.2) is 22.1 Å². The summed E-state index contributed by atoms with van der Waals surface area (Å²) in [4.78, 5) is 1.31. The van der Waals surface area contributed by atoms with E-state index in [1.165, 1.54) is 10.5 Å². The second-order valence-electron chi connectivity index (χ2n) is 4.36. The summed E-state index contributed by atoms with van der Waals surface area (Å²) >= 11 is 1.77. The second kappa shape index (κ2) is 6.61. The highest BCUT2D eigenvalue weighted by Crippen LogP contribution is 2.14. The minimum absolute atomic E-state index is 0.408. The van der Waals surface area contributed by atoms with Crippen molar-refractivity contribution in [2.45, 2.75) is 31.0 Å². The number of aromatic nitrogens is 2. The minimum atomic E-state index is 0.408. The number of nitrogens with zero attached hydrogens (tertiary/aromatic N) is 2. The van der Waals surface area contributed by atoms with Crippen LogP contribution in [0, 0.1) is 0 Å². The third kappa shape index (κ3) is 3.89. The highest BCUT2D eigenvalue weighted by molar-refractivity contribution is 7.98. The van der Waals surface area contributed by atoms with Crippen molar-refractivity contribution in [2.75, 3.05) is 6.26 Å². The van der Waals surface area contributed by atoms with Crippen molar-refractivity contribution in [1.29, 1.82) is 0 Å². The summed E-state index contributed by atoms with van der Waals surface area (Å²) in [5, 5.41) is 7.71. The predicted octanol–water partition coefficient (Wildman–Crippen LogP) is 2.78. The van der Waals surface area contributed by atoms with Gasteiger partial charge in [-0.25, -0.2) is 0 Å². The SMILES string of the molecule is CSc1ccc(CNC(C)Cn2cccn2)cc1. The maximum Gasteiger partial charge on any atom is 0.0560 e. The molecule has 0 saturated carbocycles. The summed E-state index contributed by atoms with van der Waals surface area (Å²) in [6, 6.07) is 11.1. The van der Waals surface area contributed by atoms with E-state index in [-0.39, 0.29) is 0 Å². The zero-order chi connectivity index (χ0) is 12.8. The molecule has 0 radical (unpaired) electrons. The molecule has 1 atom stereocenters. The van der Waals surface area contributed by atoms with Gasteiger partial charge in [-0.15, -0.1) is 11.8 Å². The topological polar surface area (TPSA) is 29.9 Å². The standard InChI is InChI=1S/C14H19N3S/c1-12(11-17-9-3-8-16-17)15-10-13-4-6-14(18-2)7-5-13/h3-9,12,15H,10-11H2,1-2H3. The Morgan fingerprint density at radius 3 is 2.72 bits per heavy atom. The molecule has 1 unspecified atom stereocenters.